The van der Waals surface area contributed by atoms with Crippen molar-refractivity contribution in [1.29, 1.82) is 0 Å². The molecular formula is C20H24ClNO. The summed E-state index contributed by atoms with van der Waals surface area (Å²) in [5, 5.41) is 3.74. The molecule has 0 bridgehead atoms. The van der Waals surface area contributed by atoms with Crippen LogP contribution in [0.2, 0.25) is 5.02 Å². The molecule has 2 aliphatic rings. The van der Waals surface area contributed by atoms with Gasteiger partial charge >= 0.3 is 0 Å². The minimum absolute atomic E-state index is 0.171. The summed E-state index contributed by atoms with van der Waals surface area (Å²) in [4.78, 5) is 12.6. The molecule has 23 heavy (non-hydrogen) atoms. The lowest BCUT2D eigenvalue weighted by Crippen LogP contribution is -2.15. The van der Waals surface area contributed by atoms with Gasteiger partial charge < -0.3 is 5.32 Å². The molecule has 3 rings (SSSR count). The molecule has 2 aliphatic carbocycles. The van der Waals surface area contributed by atoms with Crippen molar-refractivity contribution < 1.29 is 4.79 Å². The monoisotopic (exact) mass is 329 g/mol. The van der Waals surface area contributed by atoms with Crippen LogP contribution in [0.1, 0.15) is 38.5 Å². The molecule has 2 nitrogen and oxygen atoms in total. The van der Waals surface area contributed by atoms with Crippen LogP contribution in [0, 0.1) is 17.8 Å². The van der Waals surface area contributed by atoms with Crippen LogP contribution in [-0.2, 0) is 4.79 Å². The van der Waals surface area contributed by atoms with Crippen LogP contribution < -0.4 is 5.32 Å². The third-order valence-corrected chi connectivity index (χ3v) is 5.16. The van der Waals surface area contributed by atoms with Crippen LogP contribution in [0.25, 0.3) is 0 Å². The lowest BCUT2D eigenvalue weighted by Gasteiger charge is -2.05. The minimum Gasteiger partial charge on any atom is -0.326 e. The number of anilines is 1. The summed E-state index contributed by atoms with van der Waals surface area (Å²) in [5.41, 5.74) is 0.835. The van der Waals surface area contributed by atoms with Gasteiger partial charge in [-0.1, -0.05) is 35.9 Å². The number of hydrogen-bond acceptors (Lipinski definition) is 1. The van der Waals surface area contributed by atoms with Crippen molar-refractivity contribution in [1.82, 2.24) is 0 Å². The highest BCUT2D eigenvalue weighted by molar-refractivity contribution is 6.30. The number of allylic oxidation sites excluding steroid dienone is 4. The SMILES string of the molecule is O=C(Nc1ccc(Cl)cc1)C1[C@@H]2CCC=CCCC=CCC[C@@H]12. The Hall–Kier alpha value is -1.54. The predicted octanol–water partition coefficient (Wildman–Crippen LogP) is 5.61. The highest BCUT2D eigenvalue weighted by Gasteiger charge is 2.52. The number of carbonyl (C=O) groups is 1. The van der Waals surface area contributed by atoms with Crippen LogP contribution in [0.3, 0.4) is 0 Å². The van der Waals surface area contributed by atoms with Crippen molar-refractivity contribution in [2.45, 2.75) is 38.5 Å². The Morgan fingerprint density at radius 1 is 0.870 bits per heavy atom. The fourth-order valence-corrected chi connectivity index (χ4v) is 3.75. The molecule has 1 aromatic carbocycles. The molecule has 122 valence electrons. The van der Waals surface area contributed by atoms with Crippen molar-refractivity contribution in [3.05, 3.63) is 53.6 Å². The molecule has 1 fully saturated rings. The Morgan fingerprint density at radius 3 is 1.96 bits per heavy atom. The molecule has 1 amide bonds. The maximum atomic E-state index is 12.6. The minimum atomic E-state index is 0.171. The lowest BCUT2D eigenvalue weighted by molar-refractivity contribution is -0.117. The Morgan fingerprint density at radius 2 is 1.39 bits per heavy atom. The van der Waals surface area contributed by atoms with Gasteiger partial charge in [-0.2, -0.15) is 0 Å². The molecule has 0 aromatic heterocycles. The molecule has 1 saturated carbocycles. The maximum absolute atomic E-state index is 12.6. The first-order valence-corrected chi connectivity index (χ1v) is 9.00. The van der Waals surface area contributed by atoms with E-state index in [0.29, 0.717) is 16.9 Å². The van der Waals surface area contributed by atoms with Gasteiger partial charge in [-0.25, -0.2) is 0 Å². The maximum Gasteiger partial charge on any atom is 0.228 e. The summed E-state index contributed by atoms with van der Waals surface area (Å²) >= 11 is 5.89. The average molecular weight is 330 g/mol. The molecular weight excluding hydrogens is 306 g/mol. The molecule has 0 heterocycles. The molecule has 0 unspecified atom stereocenters. The molecule has 1 aromatic rings. The number of carbonyl (C=O) groups excluding carboxylic acids is 1. The van der Waals surface area contributed by atoms with E-state index in [1.165, 1.54) is 0 Å². The summed E-state index contributed by atoms with van der Waals surface area (Å²) in [7, 11) is 0. The zero-order valence-corrected chi connectivity index (χ0v) is 14.1. The number of benzene rings is 1. The summed E-state index contributed by atoms with van der Waals surface area (Å²) in [6.45, 7) is 0. The molecule has 0 aliphatic heterocycles. The van der Waals surface area contributed by atoms with Gasteiger partial charge in [-0.05, 0) is 74.6 Å². The van der Waals surface area contributed by atoms with Gasteiger partial charge in [0, 0.05) is 16.6 Å². The molecule has 0 radical (unpaired) electrons. The number of halogens is 1. The van der Waals surface area contributed by atoms with E-state index in [-0.39, 0.29) is 11.8 Å². The van der Waals surface area contributed by atoms with Gasteiger partial charge in [-0.15, -0.1) is 0 Å². The second kappa shape index (κ2) is 7.83. The van der Waals surface area contributed by atoms with E-state index in [2.05, 4.69) is 29.6 Å². The molecule has 1 N–H and O–H groups in total. The van der Waals surface area contributed by atoms with E-state index in [1.54, 1.807) is 0 Å². The lowest BCUT2D eigenvalue weighted by atomic mass is 10.1. The fraction of sp³-hybridized carbons (Fsp3) is 0.450. The van der Waals surface area contributed by atoms with Gasteiger partial charge in [0.15, 0.2) is 0 Å². The number of hydrogen-bond donors (Lipinski definition) is 1. The van der Waals surface area contributed by atoms with E-state index in [9.17, 15) is 4.79 Å². The van der Waals surface area contributed by atoms with Crippen molar-refractivity contribution in [2.75, 3.05) is 5.32 Å². The van der Waals surface area contributed by atoms with E-state index >= 15 is 0 Å². The van der Waals surface area contributed by atoms with Crippen molar-refractivity contribution in [3.63, 3.8) is 0 Å². The quantitative estimate of drug-likeness (QED) is 0.702. The fourth-order valence-electron chi connectivity index (χ4n) is 3.62. The van der Waals surface area contributed by atoms with Crippen LogP contribution in [0.5, 0.6) is 0 Å². The smallest absolute Gasteiger partial charge is 0.228 e. The zero-order chi connectivity index (χ0) is 16.1. The van der Waals surface area contributed by atoms with Gasteiger partial charge in [0.05, 0.1) is 0 Å². The molecule has 3 heteroatoms. The predicted molar refractivity (Wildman–Crippen MR) is 96.5 cm³/mol. The van der Waals surface area contributed by atoms with E-state index in [1.807, 2.05) is 24.3 Å². The topological polar surface area (TPSA) is 29.1 Å². The third kappa shape index (κ3) is 4.48. The number of nitrogens with one attached hydrogen (secondary N) is 1. The summed E-state index contributed by atoms with van der Waals surface area (Å²) in [5.74, 6) is 1.43. The molecule has 2 atom stereocenters. The Labute approximate surface area is 143 Å². The second-order valence-electron chi connectivity index (χ2n) is 6.52. The summed E-state index contributed by atoms with van der Waals surface area (Å²) < 4.78 is 0. The van der Waals surface area contributed by atoms with Crippen molar-refractivity contribution in [3.8, 4) is 0 Å². The van der Waals surface area contributed by atoms with E-state index < -0.39 is 0 Å². The Balaban J connectivity index is 1.60. The highest BCUT2D eigenvalue weighted by Crippen LogP contribution is 2.52. The first-order valence-electron chi connectivity index (χ1n) is 8.62. The average Bonchev–Trinajstić information content (AvgIpc) is 3.22. The van der Waals surface area contributed by atoms with Crippen LogP contribution in [0.15, 0.2) is 48.6 Å². The van der Waals surface area contributed by atoms with Gasteiger partial charge in [0.25, 0.3) is 0 Å². The first kappa shape index (κ1) is 16.3. The van der Waals surface area contributed by atoms with Crippen LogP contribution >= 0.6 is 11.6 Å². The summed E-state index contributed by atoms with van der Waals surface area (Å²) in [6, 6.07) is 7.34. The zero-order valence-electron chi connectivity index (χ0n) is 13.4. The van der Waals surface area contributed by atoms with Crippen molar-refractivity contribution >= 4 is 23.2 Å². The van der Waals surface area contributed by atoms with Crippen LogP contribution in [-0.4, -0.2) is 5.91 Å². The largest absolute Gasteiger partial charge is 0.326 e. The van der Waals surface area contributed by atoms with Gasteiger partial charge in [0.2, 0.25) is 5.91 Å². The highest BCUT2D eigenvalue weighted by atomic mass is 35.5. The summed E-state index contributed by atoms with van der Waals surface area (Å²) in [6.07, 6.45) is 15.8. The Kier molecular flexibility index (Phi) is 5.56. The third-order valence-electron chi connectivity index (χ3n) is 4.91. The number of rotatable bonds is 2. The first-order chi connectivity index (χ1) is 11.3. The number of fused-ring (bicyclic) bond motifs is 1. The Bertz CT molecular complexity index is 566. The van der Waals surface area contributed by atoms with Gasteiger partial charge in [-0.3, -0.25) is 4.79 Å². The molecule has 0 spiro atoms. The normalized spacial score (nSPS) is 27.4. The molecule has 0 saturated heterocycles. The van der Waals surface area contributed by atoms with E-state index in [4.69, 9.17) is 11.6 Å². The van der Waals surface area contributed by atoms with Gasteiger partial charge in [0.1, 0.15) is 0 Å². The van der Waals surface area contributed by atoms with Crippen molar-refractivity contribution in [2.24, 2.45) is 17.8 Å². The second-order valence-corrected chi connectivity index (χ2v) is 6.96. The standard InChI is InChI=1S/C20H24ClNO/c21-15-11-13-16(14-12-15)22-20(23)19-17-9-7-5-3-1-2-4-6-8-10-18(17)19/h3-6,11-14,17-19H,1-2,7-10H2,(H,22,23)/t17-,18-,19?/m1/s1. The van der Waals surface area contributed by atoms with Crippen LogP contribution in [0.4, 0.5) is 5.69 Å². The van der Waals surface area contributed by atoms with E-state index in [0.717, 1.165) is 44.2 Å². The number of amides is 1.